The molecule has 0 saturated carbocycles. The van der Waals surface area contributed by atoms with Crippen LogP contribution in [0.4, 0.5) is 11.4 Å². The Bertz CT molecular complexity index is 683. The second-order valence-corrected chi connectivity index (χ2v) is 4.39. The summed E-state index contributed by atoms with van der Waals surface area (Å²) >= 11 is 0. The molecule has 0 amide bonds. The van der Waals surface area contributed by atoms with E-state index in [0.29, 0.717) is 11.1 Å². The summed E-state index contributed by atoms with van der Waals surface area (Å²) in [6.07, 6.45) is 0.167. The van der Waals surface area contributed by atoms with Crippen LogP contribution < -0.4 is 0 Å². The van der Waals surface area contributed by atoms with E-state index in [9.17, 15) is 20.2 Å². The van der Waals surface area contributed by atoms with Crippen LogP contribution in [0.25, 0.3) is 0 Å². The summed E-state index contributed by atoms with van der Waals surface area (Å²) in [7, 11) is 0. The van der Waals surface area contributed by atoms with E-state index in [4.69, 9.17) is 0 Å². The Kier molecular flexibility index (Phi) is 3.74. The van der Waals surface area contributed by atoms with Crippen LogP contribution in [0.5, 0.6) is 0 Å². The third-order valence-corrected chi connectivity index (χ3v) is 3.14. The van der Waals surface area contributed by atoms with E-state index < -0.39 is 9.85 Å². The zero-order valence-corrected chi connectivity index (χ0v) is 10.8. The molecule has 2 aromatic rings. The molecule has 102 valence electrons. The maximum atomic E-state index is 11.1. The molecule has 2 rings (SSSR count). The molecule has 0 aliphatic rings. The second-order valence-electron chi connectivity index (χ2n) is 4.39. The normalized spacial score (nSPS) is 10.2. The van der Waals surface area contributed by atoms with Crippen molar-refractivity contribution >= 4 is 11.4 Å². The Morgan fingerprint density at radius 2 is 1.50 bits per heavy atom. The van der Waals surface area contributed by atoms with Gasteiger partial charge in [-0.15, -0.1) is 0 Å². The fraction of sp³-hybridized carbons (Fsp3) is 0.143. The van der Waals surface area contributed by atoms with Gasteiger partial charge in [0.2, 0.25) is 0 Å². The van der Waals surface area contributed by atoms with Crippen molar-refractivity contribution in [1.29, 1.82) is 0 Å². The van der Waals surface area contributed by atoms with E-state index in [-0.39, 0.29) is 17.8 Å². The van der Waals surface area contributed by atoms with Crippen molar-refractivity contribution < 1.29 is 9.85 Å². The maximum absolute atomic E-state index is 11.1. The first-order valence-corrected chi connectivity index (χ1v) is 5.96. The Morgan fingerprint density at radius 3 is 2.15 bits per heavy atom. The molecule has 0 bridgehead atoms. The third kappa shape index (κ3) is 2.64. The molecule has 0 unspecified atom stereocenters. The number of nitro groups is 2. The van der Waals surface area contributed by atoms with Gasteiger partial charge in [-0.3, -0.25) is 20.2 Å². The summed E-state index contributed by atoms with van der Waals surface area (Å²) in [4.78, 5) is 21.1. The fourth-order valence-electron chi connectivity index (χ4n) is 2.12. The van der Waals surface area contributed by atoms with Gasteiger partial charge in [0.25, 0.3) is 11.4 Å². The molecule has 0 aliphatic carbocycles. The number of rotatable bonds is 4. The van der Waals surface area contributed by atoms with Crippen LogP contribution in [0.2, 0.25) is 0 Å². The summed E-state index contributed by atoms with van der Waals surface area (Å²) < 4.78 is 0. The van der Waals surface area contributed by atoms with Crippen LogP contribution in [0, 0.1) is 27.2 Å². The average molecular weight is 272 g/mol. The Balaban J connectivity index is 2.51. The van der Waals surface area contributed by atoms with Crippen LogP contribution >= 0.6 is 0 Å². The lowest BCUT2D eigenvalue weighted by Gasteiger charge is -2.07. The van der Waals surface area contributed by atoms with Crippen LogP contribution in [0.1, 0.15) is 16.7 Å². The zero-order chi connectivity index (χ0) is 14.7. The lowest BCUT2D eigenvalue weighted by atomic mass is 9.98. The van der Waals surface area contributed by atoms with Crippen molar-refractivity contribution in [3.63, 3.8) is 0 Å². The summed E-state index contributed by atoms with van der Waals surface area (Å²) in [6.45, 7) is 1.76. The van der Waals surface area contributed by atoms with E-state index in [1.165, 1.54) is 12.1 Å². The lowest BCUT2D eigenvalue weighted by molar-refractivity contribution is -0.386. The molecule has 0 N–H and O–H groups in total. The summed E-state index contributed by atoms with van der Waals surface area (Å²) in [5.74, 6) is 0. The van der Waals surface area contributed by atoms with Crippen LogP contribution in [-0.4, -0.2) is 9.85 Å². The quantitative estimate of drug-likeness (QED) is 0.630. The van der Waals surface area contributed by atoms with E-state index in [1.54, 1.807) is 37.3 Å². The maximum Gasteiger partial charge on any atom is 0.273 e. The van der Waals surface area contributed by atoms with E-state index in [0.717, 1.165) is 5.56 Å². The highest BCUT2D eigenvalue weighted by Gasteiger charge is 2.20. The summed E-state index contributed by atoms with van der Waals surface area (Å²) in [6, 6.07) is 11.1. The fourth-order valence-corrected chi connectivity index (χ4v) is 2.12. The molecule has 20 heavy (non-hydrogen) atoms. The highest BCUT2D eigenvalue weighted by Crippen LogP contribution is 2.28. The number of nitrogens with zero attached hydrogens (tertiary/aromatic N) is 2. The first kappa shape index (κ1) is 13.7. The van der Waals surface area contributed by atoms with Crippen LogP contribution in [-0.2, 0) is 6.42 Å². The van der Waals surface area contributed by atoms with Gasteiger partial charge in [0, 0.05) is 29.7 Å². The lowest BCUT2D eigenvalue weighted by Crippen LogP contribution is -2.01. The largest absolute Gasteiger partial charge is 0.273 e. The minimum Gasteiger partial charge on any atom is -0.258 e. The molecular formula is C14H12N2O4. The second kappa shape index (κ2) is 5.48. The van der Waals surface area contributed by atoms with Crippen LogP contribution in [0.3, 0.4) is 0 Å². The topological polar surface area (TPSA) is 86.3 Å². The van der Waals surface area contributed by atoms with Gasteiger partial charge >= 0.3 is 0 Å². The molecule has 2 aromatic carbocycles. The zero-order valence-electron chi connectivity index (χ0n) is 10.8. The number of hydrogen-bond acceptors (Lipinski definition) is 4. The summed E-state index contributed by atoms with van der Waals surface area (Å²) in [5.41, 5.74) is 1.69. The number of para-hydroxylation sites is 1. The predicted octanol–water partition coefficient (Wildman–Crippen LogP) is 3.40. The minimum absolute atomic E-state index is 0.0110. The molecule has 0 spiro atoms. The van der Waals surface area contributed by atoms with E-state index >= 15 is 0 Å². The predicted molar refractivity (Wildman–Crippen MR) is 73.7 cm³/mol. The van der Waals surface area contributed by atoms with Gasteiger partial charge < -0.3 is 0 Å². The average Bonchev–Trinajstić information content (AvgIpc) is 2.41. The third-order valence-electron chi connectivity index (χ3n) is 3.14. The van der Waals surface area contributed by atoms with Crippen molar-refractivity contribution in [2.24, 2.45) is 0 Å². The van der Waals surface area contributed by atoms with Gasteiger partial charge in [0.15, 0.2) is 0 Å². The highest BCUT2D eigenvalue weighted by molar-refractivity contribution is 5.51. The number of aryl methyl sites for hydroxylation is 1. The first-order chi connectivity index (χ1) is 9.50. The van der Waals surface area contributed by atoms with Crippen molar-refractivity contribution in [1.82, 2.24) is 0 Å². The SMILES string of the molecule is Cc1cccc([N+](=O)[O-])c1Cc1ccccc1[N+](=O)[O-]. The molecule has 0 radical (unpaired) electrons. The van der Waals surface area contributed by atoms with Gasteiger partial charge in [0.05, 0.1) is 9.85 Å². The molecule has 0 aromatic heterocycles. The van der Waals surface area contributed by atoms with Crippen molar-refractivity contribution in [2.75, 3.05) is 0 Å². The molecule has 6 nitrogen and oxygen atoms in total. The monoisotopic (exact) mass is 272 g/mol. The molecular weight excluding hydrogens is 260 g/mol. The summed E-state index contributed by atoms with van der Waals surface area (Å²) in [5, 5.41) is 22.0. The van der Waals surface area contributed by atoms with E-state index in [2.05, 4.69) is 0 Å². The number of hydrogen-bond donors (Lipinski definition) is 0. The molecule has 0 atom stereocenters. The molecule has 6 heteroatoms. The minimum atomic E-state index is -0.473. The Morgan fingerprint density at radius 1 is 0.900 bits per heavy atom. The van der Waals surface area contributed by atoms with Crippen molar-refractivity contribution in [3.8, 4) is 0 Å². The van der Waals surface area contributed by atoms with Gasteiger partial charge in [-0.25, -0.2) is 0 Å². The van der Waals surface area contributed by atoms with Crippen molar-refractivity contribution in [2.45, 2.75) is 13.3 Å². The number of nitro benzene ring substituents is 2. The van der Waals surface area contributed by atoms with Gasteiger partial charge in [-0.05, 0) is 12.5 Å². The van der Waals surface area contributed by atoms with E-state index in [1.807, 2.05) is 0 Å². The smallest absolute Gasteiger partial charge is 0.258 e. The van der Waals surface area contributed by atoms with Gasteiger partial charge in [0.1, 0.15) is 0 Å². The Hall–Kier alpha value is -2.76. The van der Waals surface area contributed by atoms with Crippen LogP contribution in [0.15, 0.2) is 42.5 Å². The van der Waals surface area contributed by atoms with Gasteiger partial charge in [-0.2, -0.15) is 0 Å². The first-order valence-electron chi connectivity index (χ1n) is 5.96. The van der Waals surface area contributed by atoms with Gasteiger partial charge in [-0.1, -0.05) is 30.3 Å². The highest BCUT2D eigenvalue weighted by atomic mass is 16.6. The molecule has 0 aliphatic heterocycles. The molecule has 0 saturated heterocycles. The molecule has 0 fully saturated rings. The standard InChI is InChI=1S/C14H12N2O4/c1-10-5-4-8-14(16(19)20)12(10)9-11-6-2-3-7-13(11)15(17)18/h2-8H,9H2,1H3. The Labute approximate surface area is 115 Å². The van der Waals surface area contributed by atoms with Crippen molar-refractivity contribution in [3.05, 3.63) is 79.4 Å². The molecule has 0 heterocycles. The number of benzene rings is 2.